The van der Waals surface area contributed by atoms with Gasteiger partial charge in [-0.1, -0.05) is 23.2 Å². The van der Waals surface area contributed by atoms with Crippen molar-refractivity contribution < 1.29 is 9.90 Å². The molecule has 0 saturated carbocycles. The van der Waals surface area contributed by atoms with Crippen LogP contribution in [0.15, 0.2) is 54.7 Å². The Morgan fingerprint density at radius 1 is 0.938 bits per heavy atom. The predicted molar refractivity (Wildman–Crippen MR) is 128 cm³/mol. The number of rotatable bonds is 3. The maximum atomic E-state index is 12.8. The van der Waals surface area contributed by atoms with Gasteiger partial charge in [0, 0.05) is 72.1 Å². The molecule has 32 heavy (non-hydrogen) atoms. The van der Waals surface area contributed by atoms with E-state index in [1.54, 1.807) is 29.2 Å². The number of carbonyl (C=O) groups is 1. The van der Waals surface area contributed by atoms with Crippen molar-refractivity contribution in [2.75, 3.05) is 44.2 Å². The molecule has 1 amide bonds. The van der Waals surface area contributed by atoms with E-state index in [-0.39, 0.29) is 11.9 Å². The maximum Gasteiger partial charge on any atom is 0.253 e. The zero-order chi connectivity index (χ0) is 22.2. The van der Waals surface area contributed by atoms with Gasteiger partial charge in [0.05, 0.1) is 17.7 Å². The molecule has 3 heterocycles. The van der Waals surface area contributed by atoms with Crippen molar-refractivity contribution in [3.05, 3.63) is 70.3 Å². The minimum absolute atomic E-state index is 0.0543. The summed E-state index contributed by atoms with van der Waals surface area (Å²) < 4.78 is 0. The van der Waals surface area contributed by atoms with Crippen LogP contribution in [0.2, 0.25) is 10.0 Å². The number of halogens is 2. The molecule has 6 nitrogen and oxygen atoms in total. The van der Waals surface area contributed by atoms with E-state index < -0.39 is 6.10 Å². The second-order valence-electron chi connectivity index (χ2n) is 8.37. The van der Waals surface area contributed by atoms with Crippen LogP contribution in [0.4, 0.5) is 5.69 Å². The first-order chi connectivity index (χ1) is 15.5. The highest BCUT2D eigenvalue weighted by Gasteiger charge is 2.39. The zero-order valence-electron chi connectivity index (χ0n) is 17.5. The minimum atomic E-state index is -0.554. The Balaban J connectivity index is 1.25. The van der Waals surface area contributed by atoms with Gasteiger partial charge in [0.2, 0.25) is 0 Å². The first-order valence-electron chi connectivity index (χ1n) is 10.8. The van der Waals surface area contributed by atoms with E-state index in [1.165, 1.54) is 0 Å². The van der Waals surface area contributed by atoms with Crippen LogP contribution in [0.25, 0.3) is 10.9 Å². The average Bonchev–Trinajstić information content (AvgIpc) is 3.20. The molecule has 2 aliphatic heterocycles. The largest absolute Gasteiger partial charge is 0.390 e. The zero-order valence-corrected chi connectivity index (χ0v) is 19.0. The van der Waals surface area contributed by atoms with E-state index in [4.69, 9.17) is 23.2 Å². The SMILES string of the molecule is O=C(c1ccc(Cl)cc1)N1CC(O)C(N2CCN(c3ccnc4cc(Cl)ccc34)CC2)C1. The van der Waals surface area contributed by atoms with Crippen LogP contribution in [0.1, 0.15) is 10.4 Å². The summed E-state index contributed by atoms with van der Waals surface area (Å²) in [6.45, 7) is 4.21. The molecule has 8 heteroatoms. The topological polar surface area (TPSA) is 59.9 Å². The van der Waals surface area contributed by atoms with Gasteiger partial charge in [-0.05, 0) is 48.5 Å². The second kappa shape index (κ2) is 8.87. The molecule has 2 aliphatic rings. The summed E-state index contributed by atoms with van der Waals surface area (Å²) in [5.74, 6) is -0.0660. The normalized spacial score (nSPS) is 22.0. The Morgan fingerprint density at radius 2 is 1.66 bits per heavy atom. The van der Waals surface area contributed by atoms with Gasteiger partial charge in [0.1, 0.15) is 0 Å². The Hall–Kier alpha value is -2.38. The highest BCUT2D eigenvalue weighted by molar-refractivity contribution is 6.31. The molecule has 2 fully saturated rings. The number of hydrogen-bond acceptors (Lipinski definition) is 5. The van der Waals surface area contributed by atoms with Crippen LogP contribution >= 0.6 is 23.2 Å². The van der Waals surface area contributed by atoms with Crippen molar-refractivity contribution in [2.45, 2.75) is 12.1 Å². The third-order valence-electron chi connectivity index (χ3n) is 6.44. The summed E-state index contributed by atoms with van der Waals surface area (Å²) in [4.78, 5) is 23.7. The van der Waals surface area contributed by atoms with E-state index in [0.29, 0.717) is 28.7 Å². The third-order valence-corrected chi connectivity index (χ3v) is 6.93. The number of pyridine rings is 1. The van der Waals surface area contributed by atoms with Crippen molar-refractivity contribution in [3.8, 4) is 0 Å². The average molecular weight is 471 g/mol. The standard InChI is InChI=1S/C24H24Cl2N4O2/c25-17-3-1-16(2-4-17)24(32)30-14-22(23(31)15-30)29-11-9-28(10-12-29)21-7-8-27-20-13-18(26)5-6-19(20)21/h1-8,13,22-23,31H,9-12,14-15H2. The Kier molecular flexibility index (Phi) is 5.95. The summed E-state index contributed by atoms with van der Waals surface area (Å²) in [5, 5.41) is 13.1. The highest BCUT2D eigenvalue weighted by Crippen LogP contribution is 2.29. The van der Waals surface area contributed by atoms with Gasteiger partial charge in [-0.15, -0.1) is 0 Å². The van der Waals surface area contributed by atoms with E-state index in [1.807, 2.05) is 30.5 Å². The number of nitrogens with zero attached hydrogens (tertiary/aromatic N) is 4. The van der Waals surface area contributed by atoms with Crippen molar-refractivity contribution in [1.29, 1.82) is 0 Å². The molecule has 2 unspecified atom stereocenters. The lowest BCUT2D eigenvalue weighted by molar-refractivity contribution is 0.0754. The fourth-order valence-corrected chi connectivity index (χ4v) is 5.04. The van der Waals surface area contributed by atoms with Crippen LogP contribution in [-0.2, 0) is 0 Å². The summed E-state index contributed by atoms with van der Waals surface area (Å²) in [5.41, 5.74) is 2.63. The number of aliphatic hydroxyl groups excluding tert-OH is 1. The molecule has 1 aromatic heterocycles. The molecule has 2 atom stereocenters. The molecule has 5 rings (SSSR count). The number of carbonyl (C=O) groups excluding carboxylic acids is 1. The Morgan fingerprint density at radius 3 is 2.41 bits per heavy atom. The number of amides is 1. The third kappa shape index (κ3) is 4.16. The van der Waals surface area contributed by atoms with Gasteiger partial charge in [-0.3, -0.25) is 14.7 Å². The van der Waals surface area contributed by atoms with Gasteiger partial charge in [-0.2, -0.15) is 0 Å². The molecular formula is C24H24Cl2N4O2. The fraction of sp³-hybridized carbons (Fsp3) is 0.333. The number of fused-ring (bicyclic) bond motifs is 1. The number of anilines is 1. The number of aliphatic hydroxyl groups is 1. The first-order valence-corrected chi connectivity index (χ1v) is 11.5. The van der Waals surface area contributed by atoms with Crippen molar-refractivity contribution in [1.82, 2.24) is 14.8 Å². The predicted octanol–water partition coefficient (Wildman–Crippen LogP) is 3.55. The molecule has 0 aliphatic carbocycles. The van der Waals surface area contributed by atoms with Gasteiger partial charge in [0.25, 0.3) is 5.91 Å². The van der Waals surface area contributed by atoms with E-state index in [2.05, 4.69) is 14.8 Å². The number of β-amino-alcohol motifs (C(OH)–C–C–N with tert-alkyl or cyclic N) is 1. The smallest absolute Gasteiger partial charge is 0.253 e. The molecule has 0 radical (unpaired) electrons. The van der Waals surface area contributed by atoms with Gasteiger partial charge < -0.3 is 14.9 Å². The Labute approximate surface area is 197 Å². The van der Waals surface area contributed by atoms with Crippen molar-refractivity contribution >= 4 is 45.7 Å². The Bertz CT molecular complexity index is 1130. The molecule has 0 bridgehead atoms. The fourth-order valence-electron chi connectivity index (χ4n) is 4.75. The van der Waals surface area contributed by atoms with E-state index >= 15 is 0 Å². The number of aromatic nitrogens is 1. The number of hydrogen-bond donors (Lipinski definition) is 1. The summed E-state index contributed by atoms with van der Waals surface area (Å²) in [6.07, 6.45) is 1.27. The van der Waals surface area contributed by atoms with Crippen LogP contribution in [0, 0.1) is 0 Å². The maximum absolute atomic E-state index is 12.8. The highest BCUT2D eigenvalue weighted by atomic mass is 35.5. The van der Waals surface area contributed by atoms with Crippen LogP contribution in [0.5, 0.6) is 0 Å². The summed E-state index contributed by atoms with van der Waals surface area (Å²) >= 11 is 12.1. The van der Waals surface area contributed by atoms with Gasteiger partial charge in [0.15, 0.2) is 0 Å². The molecular weight excluding hydrogens is 447 g/mol. The summed E-state index contributed by atoms with van der Waals surface area (Å²) in [7, 11) is 0. The first kappa shape index (κ1) is 21.5. The number of piperazine rings is 1. The van der Waals surface area contributed by atoms with Crippen LogP contribution in [-0.4, -0.2) is 77.2 Å². The van der Waals surface area contributed by atoms with Crippen LogP contribution in [0.3, 0.4) is 0 Å². The van der Waals surface area contributed by atoms with E-state index in [9.17, 15) is 9.90 Å². The molecule has 2 saturated heterocycles. The van der Waals surface area contributed by atoms with Crippen LogP contribution < -0.4 is 4.90 Å². The number of likely N-dealkylation sites (tertiary alicyclic amines) is 1. The van der Waals surface area contributed by atoms with Gasteiger partial charge >= 0.3 is 0 Å². The lowest BCUT2D eigenvalue weighted by atomic mass is 10.1. The van der Waals surface area contributed by atoms with Crippen molar-refractivity contribution in [2.24, 2.45) is 0 Å². The molecule has 0 spiro atoms. The second-order valence-corrected chi connectivity index (χ2v) is 9.24. The molecule has 166 valence electrons. The quantitative estimate of drug-likeness (QED) is 0.634. The lowest BCUT2D eigenvalue weighted by Crippen LogP contribution is -2.53. The molecule has 2 aromatic carbocycles. The lowest BCUT2D eigenvalue weighted by Gasteiger charge is -2.40. The molecule has 1 N–H and O–H groups in total. The number of benzene rings is 2. The van der Waals surface area contributed by atoms with Gasteiger partial charge in [-0.25, -0.2) is 0 Å². The monoisotopic (exact) mass is 470 g/mol. The summed E-state index contributed by atoms with van der Waals surface area (Å²) in [6, 6.07) is 14.7. The molecule has 3 aromatic rings. The van der Waals surface area contributed by atoms with E-state index in [0.717, 1.165) is 42.8 Å². The van der Waals surface area contributed by atoms with Crippen molar-refractivity contribution in [3.63, 3.8) is 0 Å². The minimum Gasteiger partial charge on any atom is -0.390 e.